The Balaban J connectivity index is 1.75. The normalized spacial score (nSPS) is 13.4. The smallest absolute Gasteiger partial charge is 0.223 e. The summed E-state index contributed by atoms with van der Waals surface area (Å²) in [6.07, 6.45) is -0.0666. The van der Waals surface area contributed by atoms with Gasteiger partial charge in [-0.15, -0.1) is 0 Å². The average Bonchev–Trinajstić information content (AvgIpc) is 2.84. The van der Waals surface area contributed by atoms with Gasteiger partial charge >= 0.3 is 0 Å². The van der Waals surface area contributed by atoms with E-state index in [0.717, 1.165) is 11.1 Å². The second-order valence-electron chi connectivity index (χ2n) is 8.48. The molecule has 3 aromatic rings. The van der Waals surface area contributed by atoms with Crippen LogP contribution in [0, 0.1) is 13.8 Å². The Hall–Kier alpha value is -2.57. The molecule has 36 heavy (non-hydrogen) atoms. The fraction of sp³-hybridized carbons (Fsp3) is 0.280. The van der Waals surface area contributed by atoms with E-state index in [-0.39, 0.29) is 40.6 Å². The van der Waals surface area contributed by atoms with Crippen LogP contribution in [0.4, 0.5) is 0 Å². The van der Waals surface area contributed by atoms with Gasteiger partial charge in [-0.25, -0.2) is 34.7 Å². The van der Waals surface area contributed by atoms with Crippen molar-refractivity contribution < 1.29 is 25.3 Å². The monoisotopic (exact) mass is 550 g/mol. The minimum absolute atomic E-state index is 0.0332. The van der Waals surface area contributed by atoms with Gasteiger partial charge in [0.1, 0.15) is 0 Å². The Morgan fingerprint density at radius 2 is 0.944 bits per heavy atom. The lowest BCUT2D eigenvalue weighted by Crippen LogP contribution is -2.34. The van der Waals surface area contributed by atoms with Crippen molar-refractivity contribution in [3.05, 3.63) is 90.0 Å². The number of sulfonamides is 2. The van der Waals surface area contributed by atoms with Crippen LogP contribution in [0.3, 0.4) is 0 Å². The number of hydrogen-bond acceptors (Lipinski definition) is 6. The number of hydrogen-bond donors (Lipinski definition) is 2. The number of nitrogens with one attached hydrogen (secondary N) is 2. The van der Waals surface area contributed by atoms with E-state index in [1.54, 1.807) is 42.5 Å². The molecule has 0 amide bonds. The molecule has 0 bridgehead atoms. The Morgan fingerprint density at radius 3 is 1.39 bits per heavy atom. The first-order chi connectivity index (χ1) is 16.9. The summed E-state index contributed by atoms with van der Waals surface area (Å²) in [6.45, 7) is 3.43. The van der Waals surface area contributed by atoms with E-state index < -0.39 is 35.1 Å². The van der Waals surface area contributed by atoms with Crippen molar-refractivity contribution in [2.45, 2.75) is 46.6 Å². The molecule has 0 heterocycles. The van der Waals surface area contributed by atoms with E-state index >= 15 is 0 Å². The zero-order valence-corrected chi connectivity index (χ0v) is 22.5. The first-order valence-corrected chi connectivity index (χ1v) is 15.8. The zero-order chi connectivity index (χ0) is 26.4. The predicted octanol–water partition coefficient (Wildman–Crippen LogP) is 3.18. The number of benzene rings is 3. The molecule has 194 valence electrons. The molecule has 0 saturated heterocycles. The van der Waals surface area contributed by atoms with Gasteiger partial charge < -0.3 is 0 Å². The molecule has 0 spiro atoms. The van der Waals surface area contributed by atoms with Crippen LogP contribution in [0.5, 0.6) is 0 Å². The van der Waals surface area contributed by atoms with Gasteiger partial charge in [-0.1, -0.05) is 53.6 Å². The maximum Gasteiger partial charge on any atom is 0.240 e. The van der Waals surface area contributed by atoms with Crippen LogP contribution >= 0.6 is 0 Å². The Bertz CT molecular complexity index is 1470. The van der Waals surface area contributed by atoms with Crippen LogP contribution in [-0.2, 0) is 29.9 Å². The Kier molecular flexibility index (Phi) is 9.07. The summed E-state index contributed by atoms with van der Waals surface area (Å²) in [5.41, 5.74) is 1.81. The Labute approximate surface area is 213 Å². The van der Waals surface area contributed by atoms with Crippen LogP contribution in [0.15, 0.2) is 93.5 Å². The number of aryl methyl sites for hydroxylation is 2. The molecule has 1 atom stereocenters. The minimum Gasteiger partial charge on any atom is -0.223 e. The van der Waals surface area contributed by atoms with Gasteiger partial charge in [0, 0.05) is 13.1 Å². The standard InChI is InChI=1S/C25H30N2O6S3/c1-20-8-12-22(13-9-20)34(28,29)23(16-18-26-35(30,31)24-6-4-3-5-7-24)17-19-27-36(32,33)25-14-10-21(2)11-15-25/h3-15,23,26-27H,16-19H2,1-2H3. The summed E-state index contributed by atoms with van der Waals surface area (Å²) in [7, 11) is -11.5. The molecule has 11 heteroatoms. The van der Waals surface area contributed by atoms with E-state index in [4.69, 9.17) is 0 Å². The van der Waals surface area contributed by atoms with Crippen LogP contribution in [0.2, 0.25) is 0 Å². The molecular formula is C25H30N2O6S3. The lowest BCUT2D eigenvalue weighted by molar-refractivity contribution is 0.543. The van der Waals surface area contributed by atoms with E-state index in [2.05, 4.69) is 9.44 Å². The Morgan fingerprint density at radius 1 is 0.556 bits per heavy atom. The molecule has 0 aliphatic carbocycles. The summed E-state index contributed by atoms with van der Waals surface area (Å²) < 4.78 is 82.0. The molecule has 8 nitrogen and oxygen atoms in total. The fourth-order valence-electron chi connectivity index (χ4n) is 3.57. The van der Waals surface area contributed by atoms with Crippen LogP contribution < -0.4 is 9.44 Å². The quantitative estimate of drug-likeness (QED) is 0.357. The third kappa shape index (κ3) is 7.23. The van der Waals surface area contributed by atoms with Gasteiger partial charge in [-0.2, -0.15) is 0 Å². The average molecular weight is 551 g/mol. The minimum atomic E-state index is -3.86. The third-order valence-corrected chi connectivity index (χ3v) is 10.9. The SMILES string of the molecule is Cc1ccc(S(=O)(=O)NCCC(CCNS(=O)(=O)c2ccccc2)S(=O)(=O)c2ccc(C)cc2)cc1. The molecule has 3 rings (SSSR count). The first kappa shape index (κ1) is 28.0. The number of sulfone groups is 1. The number of rotatable bonds is 12. The molecule has 0 aromatic heterocycles. The van der Waals surface area contributed by atoms with E-state index in [9.17, 15) is 25.3 Å². The van der Waals surface area contributed by atoms with Crippen LogP contribution in [0.25, 0.3) is 0 Å². The highest BCUT2D eigenvalue weighted by atomic mass is 32.2. The van der Waals surface area contributed by atoms with Crippen molar-refractivity contribution in [3.8, 4) is 0 Å². The molecule has 1 unspecified atom stereocenters. The highest BCUT2D eigenvalue weighted by molar-refractivity contribution is 7.92. The van der Waals surface area contributed by atoms with Gasteiger partial charge in [0.05, 0.1) is 19.9 Å². The maximum atomic E-state index is 13.4. The second kappa shape index (κ2) is 11.7. The van der Waals surface area contributed by atoms with E-state index in [1.807, 2.05) is 13.8 Å². The molecule has 3 aromatic carbocycles. The van der Waals surface area contributed by atoms with Crippen molar-refractivity contribution in [1.29, 1.82) is 0 Å². The van der Waals surface area contributed by atoms with Crippen molar-refractivity contribution in [1.82, 2.24) is 9.44 Å². The van der Waals surface area contributed by atoms with E-state index in [0.29, 0.717) is 0 Å². The maximum absolute atomic E-state index is 13.4. The van der Waals surface area contributed by atoms with Crippen molar-refractivity contribution in [2.24, 2.45) is 0 Å². The van der Waals surface area contributed by atoms with Gasteiger partial charge in [-0.3, -0.25) is 0 Å². The van der Waals surface area contributed by atoms with Gasteiger partial charge in [0.25, 0.3) is 0 Å². The molecule has 0 aliphatic rings. The molecule has 0 saturated carbocycles. The highest BCUT2D eigenvalue weighted by Crippen LogP contribution is 2.22. The van der Waals surface area contributed by atoms with Crippen LogP contribution in [0.1, 0.15) is 24.0 Å². The molecular weight excluding hydrogens is 520 g/mol. The van der Waals surface area contributed by atoms with Gasteiger partial charge in [-0.05, 0) is 63.1 Å². The van der Waals surface area contributed by atoms with E-state index in [1.165, 1.54) is 36.4 Å². The molecule has 2 N–H and O–H groups in total. The van der Waals surface area contributed by atoms with Gasteiger partial charge in [0.15, 0.2) is 9.84 Å². The summed E-state index contributed by atoms with van der Waals surface area (Å²) >= 11 is 0. The lowest BCUT2D eigenvalue weighted by atomic mass is 10.2. The van der Waals surface area contributed by atoms with Crippen LogP contribution in [-0.4, -0.2) is 43.6 Å². The predicted molar refractivity (Wildman–Crippen MR) is 139 cm³/mol. The summed E-state index contributed by atoms with van der Waals surface area (Å²) in [5.74, 6) is 0. The highest BCUT2D eigenvalue weighted by Gasteiger charge is 2.28. The van der Waals surface area contributed by atoms with Gasteiger partial charge in [0.2, 0.25) is 20.0 Å². The second-order valence-corrected chi connectivity index (χ2v) is 14.2. The third-order valence-electron chi connectivity index (χ3n) is 5.69. The van der Waals surface area contributed by atoms with Crippen molar-refractivity contribution >= 4 is 29.9 Å². The fourth-order valence-corrected chi connectivity index (χ4v) is 7.44. The topological polar surface area (TPSA) is 126 Å². The molecule has 0 fully saturated rings. The summed E-state index contributed by atoms with van der Waals surface area (Å²) in [6, 6.07) is 20.5. The largest absolute Gasteiger partial charge is 0.240 e. The van der Waals surface area contributed by atoms with Crippen molar-refractivity contribution in [3.63, 3.8) is 0 Å². The first-order valence-electron chi connectivity index (χ1n) is 11.3. The summed E-state index contributed by atoms with van der Waals surface area (Å²) in [5, 5.41) is -1.01. The molecule has 0 aliphatic heterocycles. The van der Waals surface area contributed by atoms with Crippen molar-refractivity contribution in [2.75, 3.05) is 13.1 Å². The zero-order valence-electron chi connectivity index (χ0n) is 20.1. The lowest BCUT2D eigenvalue weighted by Gasteiger charge is -2.19. The summed E-state index contributed by atoms with van der Waals surface area (Å²) in [4.78, 5) is 0.265. The molecule has 0 radical (unpaired) electrons.